The Morgan fingerprint density at radius 1 is 1.75 bits per heavy atom. The van der Waals surface area contributed by atoms with Gasteiger partial charge in [-0.3, -0.25) is 4.79 Å². The molecule has 0 aromatic heterocycles. The number of hydrogen-bond acceptors (Lipinski definition) is 1. The minimum absolute atomic E-state index is 0.242. The maximum absolute atomic E-state index is 10.7. The molecule has 0 fully saturated rings. The number of unbranched alkanes of at least 4 members (excludes halogenated alkanes) is 1. The van der Waals surface area contributed by atoms with E-state index in [-0.39, 0.29) is 12.7 Å². The molecule has 48 valence electrons. The van der Waals surface area contributed by atoms with Crippen LogP contribution >= 0.6 is 0 Å². The molecule has 1 heteroatoms. The lowest BCUT2D eigenvalue weighted by Crippen LogP contribution is -1.92. The summed E-state index contributed by atoms with van der Waals surface area (Å²) >= 11 is 0. The van der Waals surface area contributed by atoms with Gasteiger partial charge in [0.05, 0.1) is 0 Å². The second kappa shape index (κ2) is 4.82. The van der Waals surface area contributed by atoms with Crippen molar-refractivity contribution in [1.29, 1.82) is 0 Å². The lowest BCUT2D eigenvalue weighted by Gasteiger charge is -1.91. The first kappa shape index (κ1) is 5.80. The molecule has 8 heavy (non-hydrogen) atoms. The second-order valence-corrected chi connectivity index (χ2v) is 1.89. The molecule has 0 aromatic carbocycles. The van der Waals surface area contributed by atoms with E-state index in [1.807, 2.05) is 0 Å². The van der Waals surface area contributed by atoms with E-state index in [0.717, 1.165) is 12.8 Å². The summed E-state index contributed by atoms with van der Waals surface area (Å²) in [5.41, 5.74) is 0. The molecule has 0 aliphatic rings. The molecular formula is C7H14O. The average molecular weight is 115 g/mol. The van der Waals surface area contributed by atoms with Gasteiger partial charge in [0.2, 0.25) is 0 Å². The Balaban J connectivity index is 3.06. The minimum atomic E-state index is 0.242. The molecule has 0 saturated carbocycles. The lowest BCUT2D eigenvalue weighted by molar-refractivity contribution is -0.118. The van der Waals surface area contributed by atoms with Crippen LogP contribution in [-0.4, -0.2) is 5.78 Å². The van der Waals surface area contributed by atoms with Crippen molar-refractivity contribution in [2.75, 3.05) is 0 Å². The molecule has 0 heterocycles. The van der Waals surface area contributed by atoms with E-state index in [2.05, 4.69) is 6.92 Å². The molecule has 0 N–H and O–H groups in total. The maximum atomic E-state index is 10.7. The highest BCUT2D eigenvalue weighted by Crippen LogP contribution is 1.96. The van der Waals surface area contributed by atoms with Crippen LogP contribution in [0.3, 0.4) is 0 Å². The Hall–Kier alpha value is -0.330. The number of carbonyl (C=O) groups excluding carboxylic acids is 1. The van der Waals surface area contributed by atoms with Crippen molar-refractivity contribution in [2.45, 2.75) is 39.5 Å². The summed E-state index contributed by atoms with van der Waals surface area (Å²) in [6, 6.07) is 0. The van der Waals surface area contributed by atoms with Crippen LogP contribution in [0, 0.1) is 0 Å². The number of rotatable bonds is 4. The first-order valence-electron chi connectivity index (χ1n) is 3.83. The summed E-state index contributed by atoms with van der Waals surface area (Å²) in [5, 5.41) is 0. The maximum Gasteiger partial charge on any atom is 0.132 e. The molecule has 0 spiro atoms. The van der Waals surface area contributed by atoms with E-state index in [4.69, 9.17) is 1.37 Å². The van der Waals surface area contributed by atoms with Gasteiger partial charge in [0.15, 0.2) is 0 Å². The van der Waals surface area contributed by atoms with Crippen LogP contribution < -0.4 is 0 Å². The van der Waals surface area contributed by atoms with Gasteiger partial charge in [-0.25, -0.2) is 0 Å². The molecular weight excluding hydrogens is 100 g/mol. The fourth-order valence-electron chi connectivity index (χ4n) is 0.499. The topological polar surface area (TPSA) is 17.1 Å². The molecule has 0 saturated heterocycles. The van der Waals surface area contributed by atoms with Crippen molar-refractivity contribution >= 4 is 5.78 Å². The van der Waals surface area contributed by atoms with Gasteiger partial charge in [0, 0.05) is 14.2 Å². The van der Waals surface area contributed by atoms with Crippen LogP contribution in [-0.2, 0) is 4.79 Å². The number of ketones is 1. The number of hydrogen-bond donors (Lipinski definition) is 0. The summed E-state index contributed by atoms with van der Waals surface area (Å²) < 4.78 is 6.75. The van der Waals surface area contributed by atoms with Gasteiger partial charge in [-0.2, -0.15) is 0 Å². The van der Waals surface area contributed by atoms with Gasteiger partial charge in [0.25, 0.3) is 0 Å². The van der Waals surface area contributed by atoms with E-state index in [1.54, 1.807) is 0 Å². The van der Waals surface area contributed by atoms with Gasteiger partial charge in [-0.1, -0.05) is 20.2 Å². The van der Waals surface area contributed by atoms with Crippen molar-refractivity contribution in [3.63, 3.8) is 0 Å². The van der Waals surface area contributed by atoms with E-state index in [9.17, 15) is 4.79 Å². The highest BCUT2D eigenvalue weighted by atomic mass is 16.1. The third-order valence-corrected chi connectivity index (χ3v) is 1.09. The predicted molar refractivity (Wildman–Crippen MR) is 34.8 cm³/mol. The van der Waals surface area contributed by atoms with Crippen molar-refractivity contribution < 1.29 is 6.17 Å². The summed E-state index contributed by atoms with van der Waals surface area (Å²) in [5.74, 6) is 0.242. The standard InChI is InChI=1S/C7H14O/c1-3-5-6-7(8)4-2/h3-6H2,1-2H3/i2D. The van der Waals surface area contributed by atoms with Crippen LogP contribution in [0.1, 0.15) is 40.9 Å². The summed E-state index contributed by atoms with van der Waals surface area (Å²) in [4.78, 5) is 10.7. The average Bonchev–Trinajstić information content (AvgIpc) is 1.85. The van der Waals surface area contributed by atoms with Crippen molar-refractivity contribution in [1.82, 2.24) is 0 Å². The summed E-state index contributed by atoms with van der Waals surface area (Å²) in [6.45, 7) is 2.32. The molecule has 0 aliphatic carbocycles. The SMILES string of the molecule is [2H]CCC(=O)CCCC. The fraction of sp³-hybridized carbons (Fsp3) is 0.857. The Bertz CT molecular complexity index is 81.0. The lowest BCUT2D eigenvalue weighted by atomic mass is 10.1. The normalized spacial score (nSPS) is 10.9. The monoisotopic (exact) mass is 115 g/mol. The van der Waals surface area contributed by atoms with E-state index >= 15 is 0 Å². The van der Waals surface area contributed by atoms with Crippen molar-refractivity contribution in [3.8, 4) is 0 Å². The zero-order valence-corrected chi connectivity index (χ0v) is 5.44. The van der Waals surface area contributed by atoms with Crippen LogP contribution in [0.2, 0.25) is 0 Å². The Kier molecular flexibility index (Phi) is 3.49. The molecule has 0 atom stereocenters. The van der Waals surface area contributed by atoms with E-state index in [1.165, 1.54) is 0 Å². The number of Topliss-reactive ketones (excluding diaryl/α,β-unsaturated/α-hetero) is 1. The Morgan fingerprint density at radius 2 is 2.50 bits per heavy atom. The molecule has 0 rings (SSSR count). The molecule has 0 aromatic rings. The third kappa shape index (κ3) is 3.85. The minimum Gasteiger partial charge on any atom is -0.300 e. The molecule has 0 unspecified atom stereocenters. The van der Waals surface area contributed by atoms with Gasteiger partial charge in [0.1, 0.15) is 5.78 Å². The molecule has 0 amide bonds. The predicted octanol–water partition coefficient (Wildman–Crippen LogP) is 2.16. The third-order valence-electron chi connectivity index (χ3n) is 1.09. The van der Waals surface area contributed by atoms with Crippen LogP contribution in [0.4, 0.5) is 0 Å². The van der Waals surface area contributed by atoms with Gasteiger partial charge in [-0.05, 0) is 6.42 Å². The van der Waals surface area contributed by atoms with Crippen LogP contribution in [0.15, 0.2) is 0 Å². The molecule has 0 radical (unpaired) electrons. The van der Waals surface area contributed by atoms with Crippen molar-refractivity contribution in [2.24, 2.45) is 0 Å². The van der Waals surface area contributed by atoms with Crippen LogP contribution in [0.5, 0.6) is 0 Å². The van der Waals surface area contributed by atoms with Gasteiger partial charge < -0.3 is 0 Å². The summed E-state index contributed by atoms with van der Waals surface area (Å²) in [6.07, 6.45) is 3.18. The highest BCUT2D eigenvalue weighted by Gasteiger charge is 1.93. The number of carbonyl (C=O) groups is 1. The van der Waals surface area contributed by atoms with Gasteiger partial charge in [-0.15, -0.1) is 0 Å². The van der Waals surface area contributed by atoms with E-state index in [0.29, 0.717) is 12.8 Å². The summed E-state index contributed by atoms with van der Waals surface area (Å²) in [7, 11) is 0. The fourth-order valence-corrected chi connectivity index (χ4v) is 0.499. The first-order chi connectivity index (χ1) is 4.31. The quantitative estimate of drug-likeness (QED) is 0.548. The zero-order chi connectivity index (χ0) is 7.11. The highest BCUT2D eigenvalue weighted by molar-refractivity contribution is 5.77. The van der Waals surface area contributed by atoms with Gasteiger partial charge >= 0.3 is 0 Å². The molecule has 0 bridgehead atoms. The van der Waals surface area contributed by atoms with E-state index < -0.39 is 0 Å². The zero-order valence-electron chi connectivity index (χ0n) is 6.44. The molecule has 1 nitrogen and oxygen atoms in total. The first-order valence-corrected chi connectivity index (χ1v) is 3.12. The second-order valence-electron chi connectivity index (χ2n) is 1.89. The van der Waals surface area contributed by atoms with Crippen LogP contribution in [0.25, 0.3) is 0 Å². The Morgan fingerprint density at radius 3 is 3.00 bits per heavy atom. The Labute approximate surface area is 52.5 Å². The largest absolute Gasteiger partial charge is 0.300 e. The molecule has 0 aliphatic heterocycles. The van der Waals surface area contributed by atoms with Crippen molar-refractivity contribution in [3.05, 3.63) is 0 Å². The smallest absolute Gasteiger partial charge is 0.132 e.